The molecule has 0 radical (unpaired) electrons. The first-order chi connectivity index (χ1) is 14.6. The van der Waals surface area contributed by atoms with Gasteiger partial charge in [-0.2, -0.15) is 5.10 Å². The first kappa shape index (κ1) is 19.6. The van der Waals surface area contributed by atoms with Gasteiger partial charge in [0.25, 0.3) is 5.91 Å². The number of hydrogen-bond acceptors (Lipinski definition) is 3. The number of rotatable bonds is 6. The van der Waals surface area contributed by atoms with Crippen LogP contribution < -0.4 is 5.32 Å². The van der Waals surface area contributed by atoms with Crippen LogP contribution in [0.3, 0.4) is 0 Å². The van der Waals surface area contributed by atoms with Crippen molar-refractivity contribution < 1.29 is 9.18 Å². The molecule has 4 rings (SSSR count). The molecule has 30 heavy (non-hydrogen) atoms. The van der Waals surface area contributed by atoms with Gasteiger partial charge in [-0.15, -0.1) is 0 Å². The van der Waals surface area contributed by atoms with Crippen molar-refractivity contribution in [2.45, 2.75) is 26.3 Å². The molecule has 1 N–H and O–H groups in total. The maximum Gasteiger partial charge on any atom is 0.255 e. The molecule has 2 aromatic heterocycles. The Hall–Kier alpha value is -3.74. The van der Waals surface area contributed by atoms with Crippen LogP contribution in [-0.4, -0.2) is 25.2 Å². The van der Waals surface area contributed by atoms with Gasteiger partial charge in [0.1, 0.15) is 5.82 Å². The summed E-state index contributed by atoms with van der Waals surface area (Å²) in [7, 11) is 0. The Morgan fingerprint density at radius 3 is 2.43 bits per heavy atom. The van der Waals surface area contributed by atoms with Gasteiger partial charge in [-0.3, -0.25) is 4.79 Å². The van der Waals surface area contributed by atoms with E-state index in [1.54, 1.807) is 35.5 Å². The zero-order valence-corrected chi connectivity index (χ0v) is 16.8. The van der Waals surface area contributed by atoms with Crippen molar-refractivity contribution in [2.24, 2.45) is 0 Å². The van der Waals surface area contributed by atoms with Gasteiger partial charge >= 0.3 is 0 Å². The lowest BCUT2D eigenvalue weighted by atomic mass is 10.1. The molecule has 0 bridgehead atoms. The molecule has 7 heteroatoms. The van der Waals surface area contributed by atoms with Crippen LogP contribution in [-0.2, 0) is 6.42 Å². The number of hydrogen-bond donors (Lipinski definition) is 1. The van der Waals surface area contributed by atoms with Gasteiger partial charge in [0.05, 0.1) is 35.5 Å². The molecule has 0 saturated heterocycles. The number of aromatic nitrogens is 4. The van der Waals surface area contributed by atoms with Gasteiger partial charge in [-0.1, -0.05) is 19.1 Å². The molecule has 152 valence electrons. The van der Waals surface area contributed by atoms with Crippen LogP contribution in [0.1, 0.15) is 41.5 Å². The molecular weight excluding hydrogens is 381 g/mol. The minimum atomic E-state index is -0.310. The van der Waals surface area contributed by atoms with E-state index in [0.29, 0.717) is 12.0 Å². The predicted molar refractivity (Wildman–Crippen MR) is 112 cm³/mol. The highest BCUT2D eigenvalue weighted by atomic mass is 19.1. The molecule has 0 aliphatic heterocycles. The summed E-state index contributed by atoms with van der Waals surface area (Å²) in [6.45, 7) is 3.91. The standard InChI is InChI=1S/C23H22FN5O/c1-3-22-21(14-26-29(22)20-10-6-18(24)7-11-20)23(30)27-16(2)17-4-8-19(9-5-17)28-13-12-25-15-28/h4-16H,3H2,1-2H3,(H,27,30). The number of halogens is 1. The highest BCUT2D eigenvalue weighted by Crippen LogP contribution is 2.19. The van der Waals surface area contributed by atoms with Gasteiger partial charge in [-0.05, 0) is 55.3 Å². The van der Waals surface area contributed by atoms with Crippen LogP contribution in [0.4, 0.5) is 4.39 Å². The molecule has 1 unspecified atom stereocenters. The summed E-state index contributed by atoms with van der Waals surface area (Å²) >= 11 is 0. The molecule has 1 atom stereocenters. The maximum atomic E-state index is 13.2. The third-order valence-electron chi connectivity index (χ3n) is 5.06. The Morgan fingerprint density at radius 1 is 1.10 bits per heavy atom. The number of nitrogens with one attached hydrogen (secondary N) is 1. The Kier molecular flexibility index (Phi) is 5.43. The van der Waals surface area contributed by atoms with Gasteiger partial charge < -0.3 is 9.88 Å². The second-order valence-corrected chi connectivity index (χ2v) is 7.00. The van der Waals surface area contributed by atoms with E-state index in [2.05, 4.69) is 15.4 Å². The molecule has 2 aromatic carbocycles. The van der Waals surface area contributed by atoms with Crippen LogP contribution in [0.15, 0.2) is 73.4 Å². The normalized spacial score (nSPS) is 12.0. The Balaban J connectivity index is 1.51. The fraction of sp³-hybridized carbons (Fsp3) is 0.174. The third-order valence-corrected chi connectivity index (χ3v) is 5.06. The molecule has 2 heterocycles. The van der Waals surface area contributed by atoms with E-state index in [-0.39, 0.29) is 17.8 Å². The zero-order chi connectivity index (χ0) is 21.1. The third kappa shape index (κ3) is 3.87. The van der Waals surface area contributed by atoms with Crippen LogP contribution in [0, 0.1) is 5.82 Å². The lowest BCUT2D eigenvalue weighted by molar-refractivity contribution is 0.0939. The predicted octanol–water partition coefficient (Wildman–Crippen LogP) is 4.25. The lowest BCUT2D eigenvalue weighted by Crippen LogP contribution is -2.27. The number of benzene rings is 2. The number of imidazole rings is 1. The van der Waals surface area contributed by atoms with Gasteiger partial charge in [-0.25, -0.2) is 14.1 Å². The first-order valence-electron chi connectivity index (χ1n) is 9.79. The molecule has 0 saturated carbocycles. The van der Waals surface area contributed by atoms with Crippen molar-refractivity contribution in [3.63, 3.8) is 0 Å². The highest BCUT2D eigenvalue weighted by Gasteiger charge is 2.19. The van der Waals surface area contributed by atoms with Crippen LogP contribution in [0.25, 0.3) is 11.4 Å². The monoisotopic (exact) mass is 403 g/mol. The molecule has 4 aromatic rings. The summed E-state index contributed by atoms with van der Waals surface area (Å²) < 4.78 is 16.8. The van der Waals surface area contributed by atoms with Gasteiger partial charge in [0, 0.05) is 18.1 Å². The minimum Gasteiger partial charge on any atom is -0.345 e. The quantitative estimate of drug-likeness (QED) is 0.523. The molecular formula is C23H22FN5O. The van der Waals surface area contributed by atoms with Crippen LogP contribution in [0.2, 0.25) is 0 Å². The summed E-state index contributed by atoms with van der Waals surface area (Å²) in [5.41, 5.74) is 4.01. The number of amides is 1. The van der Waals surface area contributed by atoms with Gasteiger partial charge in [0.15, 0.2) is 0 Å². The largest absolute Gasteiger partial charge is 0.345 e. The lowest BCUT2D eigenvalue weighted by Gasteiger charge is -2.15. The fourth-order valence-electron chi connectivity index (χ4n) is 3.41. The smallest absolute Gasteiger partial charge is 0.255 e. The summed E-state index contributed by atoms with van der Waals surface area (Å²) in [5.74, 6) is -0.499. The van der Waals surface area contributed by atoms with E-state index in [1.807, 2.05) is 48.9 Å². The van der Waals surface area contributed by atoms with E-state index in [1.165, 1.54) is 12.1 Å². The van der Waals surface area contributed by atoms with E-state index < -0.39 is 0 Å². The highest BCUT2D eigenvalue weighted by molar-refractivity contribution is 5.95. The van der Waals surface area contributed by atoms with Crippen molar-refractivity contribution >= 4 is 5.91 Å². The van der Waals surface area contributed by atoms with Gasteiger partial charge in [0.2, 0.25) is 0 Å². The number of carbonyl (C=O) groups excluding carboxylic acids is 1. The van der Waals surface area contributed by atoms with Crippen LogP contribution >= 0.6 is 0 Å². The van der Waals surface area contributed by atoms with Crippen LogP contribution in [0.5, 0.6) is 0 Å². The van der Waals surface area contributed by atoms with E-state index in [9.17, 15) is 9.18 Å². The average molecular weight is 403 g/mol. The number of carbonyl (C=O) groups is 1. The summed E-state index contributed by atoms with van der Waals surface area (Å²) in [4.78, 5) is 17.0. The van der Waals surface area contributed by atoms with Crippen molar-refractivity contribution in [2.75, 3.05) is 0 Å². The van der Waals surface area contributed by atoms with E-state index >= 15 is 0 Å². The SMILES string of the molecule is CCc1c(C(=O)NC(C)c2ccc(-n3ccnc3)cc2)cnn1-c1ccc(F)cc1. The fourth-order valence-corrected chi connectivity index (χ4v) is 3.41. The zero-order valence-electron chi connectivity index (χ0n) is 16.8. The molecule has 0 aliphatic rings. The molecule has 6 nitrogen and oxygen atoms in total. The maximum absolute atomic E-state index is 13.2. The number of nitrogens with zero attached hydrogens (tertiary/aromatic N) is 4. The summed E-state index contributed by atoms with van der Waals surface area (Å²) in [6, 6.07) is 13.8. The average Bonchev–Trinajstić information content (AvgIpc) is 3.44. The molecule has 1 amide bonds. The Labute approximate surface area is 174 Å². The second kappa shape index (κ2) is 8.32. The second-order valence-electron chi connectivity index (χ2n) is 7.00. The Bertz CT molecular complexity index is 1130. The van der Waals surface area contributed by atoms with Crippen molar-refractivity contribution in [1.82, 2.24) is 24.6 Å². The topological polar surface area (TPSA) is 64.7 Å². The van der Waals surface area contributed by atoms with E-state index in [0.717, 1.165) is 22.6 Å². The summed E-state index contributed by atoms with van der Waals surface area (Å²) in [5, 5.41) is 7.40. The van der Waals surface area contributed by atoms with Crippen molar-refractivity contribution in [3.8, 4) is 11.4 Å². The molecule has 0 fully saturated rings. The summed E-state index contributed by atoms with van der Waals surface area (Å²) in [6.07, 6.45) is 7.53. The molecule has 0 aliphatic carbocycles. The first-order valence-corrected chi connectivity index (χ1v) is 9.79. The van der Waals surface area contributed by atoms with Crippen molar-refractivity contribution in [1.29, 1.82) is 0 Å². The van der Waals surface area contributed by atoms with Crippen molar-refractivity contribution in [3.05, 3.63) is 96.1 Å². The molecule has 0 spiro atoms. The van der Waals surface area contributed by atoms with E-state index in [4.69, 9.17) is 0 Å². The minimum absolute atomic E-state index is 0.173. The Morgan fingerprint density at radius 2 is 1.80 bits per heavy atom.